The summed E-state index contributed by atoms with van der Waals surface area (Å²) in [4.78, 5) is 32.5. The molecule has 0 atom stereocenters. The molecule has 0 aliphatic rings. The standard InChI is InChI=1S/C24H27N5O4/c1-4-5-6-15-7-9-18(10-8-15)28-21-20(25)22(27-14-26-21)29-19-12-16(23(30)32-2)11-17(13-19)24(31)33-3/h7-14H,4-6,25H2,1-3H3,(H2,26,27,28,29). The Morgan fingerprint density at radius 3 is 1.94 bits per heavy atom. The van der Waals surface area contributed by atoms with Gasteiger partial charge in [-0.05, 0) is 48.7 Å². The highest BCUT2D eigenvalue weighted by Crippen LogP contribution is 2.29. The number of hydrogen-bond donors (Lipinski definition) is 3. The number of aromatic nitrogens is 2. The van der Waals surface area contributed by atoms with Crippen LogP contribution in [0, 0.1) is 0 Å². The molecule has 0 spiro atoms. The molecule has 0 radical (unpaired) electrons. The number of nitrogens with zero attached hydrogens (tertiary/aromatic N) is 2. The number of carbonyl (C=O) groups is 2. The molecular formula is C24H27N5O4. The van der Waals surface area contributed by atoms with Crippen molar-refractivity contribution in [3.63, 3.8) is 0 Å². The molecule has 172 valence electrons. The maximum Gasteiger partial charge on any atom is 0.337 e. The Balaban J connectivity index is 1.84. The van der Waals surface area contributed by atoms with Crippen LogP contribution in [0.1, 0.15) is 46.0 Å². The molecule has 33 heavy (non-hydrogen) atoms. The van der Waals surface area contributed by atoms with E-state index in [0.717, 1.165) is 24.9 Å². The number of carbonyl (C=O) groups excluding carboxylic acids is 2. The number of esters is 2. The summed E-state index contributed by atoms with van der Waals surface area (Å²) in [6.07, 6.45) is 4.70. The van der Waals surface area contributed by atoms with E-state index in [1.165, 1.54) is 44.3 Å². The molecule has 1 aromatic heterocycles. The molecule has 0 bridgehead atoms. The lowest BCUT2D eigenvalue weighted by Gasteiger charge is -2.14. The Kier molecular flexibility index (Phi) is 7.80. The second-order valence-corrected chi connectivity index (χ2v) is 7.32. The van der Waals surface area contributed by atoms with E-state index in [0.29, 0.717) is 17.3 Å². The van der Waals surface area contributed by atoms with Gasteiger partial charge in [0.1, 0.15) is 12.0 Å². The summed E-state index contributed by atoms with van der Waals surface area (Å²) in [7, 11) is 2.52. The Bertz CT molecular complexity index is 1100. The number of nitrogen functional groups attached to an aromatic ring is 1. The number of nitrogens with two attached hydrogens (primary N) is 1. The van der Waals surface area contributed by atoms with Gasteiger partial charge in [0.25, 0.3) is 0 Å². The van der Waals surface area contributed by atoms with E-state index in [2.05, 4.69) is 39.7 Å². The molecule has 2 aromatic carbocycles. The van der Waals surface area contributed by atoms with E-state index in [-0.39, 0.29) is 16.8 Å². The largest absolute Gasteiger partial charge is 0.465 e. The minimum Gasteiger partial charge on any atom is -0.465 e. The smallest absolute Gasteiger partial charge is 0.337 e. The first-order valence-electron chi connectivity index (χ1n) is 10.5. The summed E-state index contributed by atoms with van der Waals surface area (Å²) in [6, 6.07) is 12.5. The number of ether oxygens (including phenoxy) is 2. The topological polar surface area (TPSA) is 128 Å². The number of nitrogens with one attached hydrogen (secondary N) is 2. The fourth-order valence-electron chi connectivity index (χ4n) is 3.18. The van der Waals surface area contributed by atoms with Crippen LogP contribution in [0.4, 0.5) is 28.7 Å². The third kappa shape index (κ3) is 5.97. The zero-order valence-electron chi connectivity index (χ0n) is 18.8. The van der Waals surface area contributed by atoms with Crippen molar-refractivity contribution in [3.8, 4) is 0 Å². The summed E-state index contributed by atoms with van der Waals surface area (Å²) < 4.78 is 9.54. The van der Waals surface area contributed by atoms with Crippen LogP contribution in [0.15, 0.2) is 48.8 Å². The zero-order chi connectivity index (χ0) is 23.8. The van der Waals surface area contributed by atoms with Crippen molar-refractivity contribution in [2.24, 2.45) is 0 Å². The molecule has 0 unspecified atom stereocenters. The van der Waals surface area contributed by atoms with Gasteiger partial charge in [0.2, 0.25) is 0 Å². The van der Waals surface area contributed by atoms with Crippen LogP contribution in [0.25, 0.3) is 0 Å². The molecule has 3 aromatic rings. The van der Waals surface area contributed by atoms with Crippen LogP contribution in [0.5, 0.6) is 0 Å². The summed E-state index contributed by atoms with van der Waals surface area (Å²) in [5.74, 6) is -0.454. The van der Waals surface area contributed by atoms with E-state index in [4.69, 9.17) is 15.2 Å². The number of benzene rings is 2. The first kappa shape index (κ1) is 23.5. The van der Waals surface area contributed by atoms with Crippen LogP contribution < -0.4 is 16.4 Å². The second-order valence-electron chi connectivity index (χ2n) is 7.32. The third-order valence-electron chi connectivity index (χ3n) is 4.96. The fraction of sp³-hybridized carbons (Fsp3) is 0.250. The Morgan fingerprint density at radius 2 is 1.42 bits per heavy atom. The molecule has 3 rings (SSSR count). The Labute approximate surface area is 192 Å². The highest BCUT2D eigenvalue weighted by molar-refractivity contribution is 5.97. The average Bonchev–Trinajstić information content (AvgIpc) is 2.84. The van der Waals surface area contributed by atoms with Crippen molar-refractivity contribution in [1.82, 2.24) is 9.97 Å². The first-order valence-corrected chi connectivity index (χ1v) is 10.5. The summed E-state index contributed by atoms with van der Waals surface area (Å²) in [5.41, 5.74) is 9.44. The van der Waals surface area contributed by atoms with Crippen LogP contribution >= 0.6 is 0 Å². The number of anilines is 5. The maximum atomic E-state index is 12.0. The summed E-state index contributed by atoms with van der Waals surface area (Å²) in [5, 5.41) is 6.23. The van der Waals surface area contributed by atoms with Gasteiger partial charge >= 0.3 is 11.9 Å². The molecule has 0 aliphatic carbocycles. The van der Waals surface area contributed by atoms with Gasteiger partial charge in [0, 0.05) is 11.4 Å². The lowest BCUT2D eigenvalue weighted by molar-refractivity contribution is 0.0599. The van der Waals surface area contributed by atoms with Gasteiger partial charge in [0.15, 0.2) is 11.6 Å². The Morgan fingerprint density at radius 1 is 0.879 bits per heavy atom. The molecule has 0 fully saturated rings. The molecule has 0 aliphatic heterocycles. The molecule has 0 amide bonds. The van der Waals surface area contributed by atoms with E-state index >= 15 is 0 Å². The predicted molar refractivity (Wildman–Crippen MR) is 127 cm³/mol. The predicted octanol–water partition coefficient (Wildman–Crippen LogP) is 4.46. The molecule has 9 nitrogen and oxygen atoms in total. The highest BCUT2D eigenvalue weighted by Gasteiger charge is 2.16. The van der Waals surface area contributed by atoms with Gasteiger partial charge in [-0.1, -0.05) is 25.5 Å². The van der Waals surface area contributed by atoms with Crippen molar-refractivity contribution in [2.45, 2.75) is 26.2 Å². The van der Waals surface area contributed by atoms with E-state index < -0.39 is 11.9 Å². The summed E-state index contributed by atoms with van der Waals surface area (Å²) in [6.45, 7) is 2.17. The van der Waals surface area contributed by atoms with E-state index in [9.17, 15) is 9.59 Å². The van der Waals surface area contributed by atoms with Crippen molar-refractivity contribution in [3.05, 3.63) is 65.5 Å². The van der Waals surface area contributed by atoms with Gasteiger partial charge in [-0.15, -0.1) is 0 Å². The lowest BCUT2D eigenvalue weighted by atomic mass is 10.1. The quantitative estimate of drug-likeness (QED) is 0.405. The van der Waals surface area contributed by atoms with Gasteiger partial charge in [-0.25, -0.2) is 19.6 Å². The number of methoxy groups -OCH3 is 2. The van der Waals surface area contributed by atoms with Crippen LogP contribution in [0.2, 0.25) is 0 Å². The summed E-state index contributed by atoms with van der Waals surface area (Å²) >= 11 is 0. The zero-order valence-corrected chi connectivity index (χ0v) is 18.8. The van der Waals surface area contributed by atoms with Crippen molar-refractivity contribution in [1.29, 1.82) is 0 Å². The van der Waals surface area contributed by atoms with Gasteiger partial charge < -0.3 is 25.8 Å². The van der Waals surface area contributed by atoms with Crippen molar-refractivity contribution >= 4 is 40.6 Å². The van der Waals surface area contributed by atoms with Crippen LogP contribution in [-0.4, -0.2) is 36.1 Å². The maximum absolute atomic E-state index is 12.0. The molecule has 1 heterocycles. The minimum absolute atomic E-state index is 0.178. The first-order chi connectivity index (χ1) is 15.9. The lowest BCUT2D eigenvalue weighted by Crippen LogP contribution is -2.09. The highest BCUT2D eigenvalue weighted by atomic mass is 16.5. The van der Waals surface area contributed by atoms with E-state index in [1.807, 2.05) is 12.1 Å². The van der Waals surface area contributed by atoms with Gasteiger partial charge in [-0.2, -0.15) is 0 Å². The normalized spacial score (nSPS) is 10.4. The molecular weight excluding hydrogens is 422 g/mol. The average molecular weight is 450 g/mol. The minimum atomic E-state index is -0.593. The number of aryl methyl sites for hydroxylation is 1. The Hall–Kier alpha value is -4.14. The number of unbranched alkanes of at least 4 members (excludes halogenated alkanes) is 1. The fourth-order valence-corrected chi connectivity index (χ4v) is 3.18. The van der Waals surface area contributed by atoms with Crippen LogP contribution in [0.3, 0.4) is 0 Å². The number of rotatable bonds is 9. The van der Waals surface area contributed by atoms with Crippen molar-refractivity contribution in [2.75, 3.05) is 30.6 Å². The van der Waals surface area contributed by atoms with Gasteiger partial charge in [0.05, 0.1) is 25.3 Å². The number of hydrogen-bond acceptors (Lipinski definition) is 9. The van der Waals surface area contributed by atoms with E-state index in [1.54, 1.807) is 0 Å². The second kappa shape index (κ2) is 10.9. The molecule has 4 N–H and O–H groups in total. The SMILES string of the molecule is CCCCc1ccc(Nc2ncnc(Nc3cc(C(=O)OC)cc(C(=O)OC)c3)c2N)cc1. The molecule has 0 saturated heterocycles. The van der Waals surface area contributed by atoms with Crippen molar-refractivity contribution < 1.29 is 19.1 Å². The van der Waals surface area contributed by atoms with Gasteiger partial charge in [-0.3, -0.25) is 0 Å². The monoisotopic (exact) mass is 449 g/mol. The van der Waals surface area contributed by atoms with Crippen LogP contribution in [-0.2, 0) is 15.9 Å². The third-order valence-corrected chi connectivity index (χ3v) is 4.96. The molecule has 0 saturated carbocycles. The molecule has 9 heteroatoms.